The number of pyridine rings is 1. The van der Waals surface area contributed by atoms with Gasteiger partial charge in [0.15, 0.2) is 5.58 Å². The third-order valence-corrected chi connectivity index (χ3v) is 4.46. The minimum absolute atomic E-state index is 0.102. The van der Waals surface area contributed by atoms with Crippen LogP contribution in [0.25, 0.3) is 22.0 Å². The van der Waals surface area contributed by atoms with Gasteiger partial charge in [0.2, 0.25) is 5.95 Å². The van der Waals surface area contributed by atoms with Gasteiger partial charge < -0.3 is 25.4 Å². The van der Waals surface area contributed by atoms with Crippen LogP contribution in [0.4, 0.5) is 11.8 Å². The average molecular weight is 349 g/mol. The number of nitrogens with two attached hydrogens (primary N) is 2. The van der Waals surface area contributed by atoms with Crippen LogP contribution in [0.15, 0.2) is 35.1 Å². The minimum Gasteiger partial charge on any atom is -0.492 e. The summed E-state index contributed by atoms with van der Waals surface area (Å²) in [5.41, 5.74) is 14.7. The van der Waals surface area contributed by atoms with E-state index in [4.69, 9.17) is 25.4 Å². The van der Waals surface area contributed by atoms with Crippen LogP contribution < -0.4 is 20.9 Å². The van der Waals surface area contributed by atoms with Crippen LogP contribution in [0.1, 0.15) is 18.4 Å². The van der Waals surface area contributed by atoms with Crippen LogP contribution in [-0.2, 0) is 0 Å². The van der Waals surface area contributed by atoms with Gasteiger partial charge in [0.1, 0.15) is 28.6 Å². The standard InChI is InChI=1S/C18H15N5O3/c1-8-7-25-16-14(8)13(5-11-15(16)17(19)23-18(20)22-11)26-9-4-12-10(21-6-9)2-3-24-12/h2-6,8H,7H2,1H3,(H4,19,20,22,23). The lowest BCUT2D eigenvalue weighted by molar-refractivity contribution is 0.340. The van der Waals surface area contributed by atoms with E-state index in [1.54, 1.807) is 30.7 Å². The summed E-state index contributed by atoms with van der Waals surface area (Å²) in [6, 6.07) is 5.40. The Hall–Kier alpha value is -3.55. The molecule has 1 aliphatic heterocycles. The molecule has 1 aliphatic rings. The normalized spacial score (nSPS) is 16.0. The number of benzene rings is 1. The predicted molar refractivity (Wildman–Crippen MR) is 96.4 cm³/mol. The molecule has 0 spiro atoms. The molecule has 0 aliphatic carbocycles. The highest BCUT2D eigenvalue weighted by Crippen LogP contribution is 2.47. The Kier molecular flexibility index (Phi) is 2.96. The molecule has 0 fully saturated rings. The summed E-state index contributed by atoms with van der Waals surface area (Å²) >= 11 is 0. The largest absolute Gasteiger partial charge is 0.492 e. The maximum absolute atomic E-state index is 6.11. The van der Waals surface area contributed by atoms with Gasteiger partial charge in [0.25, 0.3) is 0 Å². The van der Waals surface area contributed by atoms with Crippen LogP contribution in [0.5, 0.6) is 17.2 Å². The zero-order valence-corrected chi connectivity index (χ0v) is 13.9. The Morgan fingerprint density at radius 1 is 1.19 bits per heavy atom. The molecule has 1 aromatic carbocycles. The molecule has 0 saturated heterocycles. The monoisotopic (exact) mass is 349 g/mol. The molecule has 0 bridgehead atoms. The van der Waals surface area contributed by atoms with E-state index in [-0.39, 0.29) is 11.9 Å². The zero-order chi connectivity index (χ0) is 17.8. The van der Waals surface area contributed by atoms with E-state index in [1.807, 2.05) is 0 Å². The number of nitrogens with zero attached hydrogens (tertiary/aromatic N) is 3. The highest BCUT2D eigenvalue weighted by atomic mass is 16.5. The molecule has 1 unspecified atom stereocenters. The van der Waals surface area contributed by atoms with Crippen LogP contribution >= 0.6 is 0 Å². The van der Waals surface area contributed by atoms with Gasteiger partial charge in [0.05, 0.1) is 30.0 Å². The molecule has 4 heterocycles. The van der Waals surface area contributed by atoms with E-state index in [9.17, 15) is 0 Å². The van der Waals surface area contributed by atoms with Gasteiger partial charge in [-0.3, -0.25) is 0 Å². The summed E-state index contributed by atoms with van der Waals surface area (Å²) in [6.45, 7) is 2.59. The number of furan rings is 1. The van der Waals surface area contributed by atoms with Gasteiger partial charge in [-0.2, -0.15) is 4.98 Å². The van der Waals surface area contributed by atoms with Crippen LogP contribution in [0, 0.1) is 0 Å². The van der Waals surface area contributed by atoms with Crippen molar-refractivity contribution >= 4 is 33.8 Å². The maximum atomic E-state index is 6.11. The first-order valence-electron chi connectivity index (χ1n) is 8.13. The Balaban J connectivity index is 1.70. The van der Waals surface area contributed by atoms with Crippen molar-refractivity contribution in [1.82, 2.24) is 15.0 Å². The third-order valence-electron chi connectivity index (χ3n) is 4.46. The van der Waals surface area contributed by atoms with E-state index in [0.717, 1.165) is 11.1 Å². The van der Waals surface area contributed by atoms with Crippen molar-refractivity contribution in [2.45, 2.75) is 12.8 Å². The quantitative estimate of drug-likeness (QED) is 0.565. The molecular weight excluding hydrogens is 334 g/mol. The molecule has 0 radical (unpaired) electrons. The Bertz CT molecular complexity index is 1170. The number of rotatable bonds is 2. The summed E-state index contributed by atoms with van der Waals surface area (Å²) in [6.07, 6.45) is 3.24. The Morgan fingerprint density at radius 2 is 2.08 bits per heavy atom. The average Bonchev–Trinajstić information content (AvgIpc) is 3.20. The lowest BCUT2D eigenvalue weighted by Crippen LogP contribution is -2.02. The summed E-state index contributed by atoms with van der Waals surface area (Å²) in [4.78, 5) is 12.6. The number of anilines is 2. The zero-order valence-electron chi connectivity index (χ0n) is 13.9. The van der Waals surface area contributed by atoms with Gasteiger partial charge in [-0.15, -0.1) is 0 Å². The van der Waals surface area contributed by atoms with Crippen LogP contribution in [0.3, 0.4) is 0 Å². The Morgan fingerprint density at radius 3 is 2.96 bits per heavy atom. The molecule has 26 heavy (non-hydrogen) atoms. The topological polar surface area (TPSA) is 122 Å². The second-order valence-corrected chi connectivity index (χ2v) is 6.27. The van der Waals surface area contributed by atoms with Crippen molar-refractivity contribution in [2.75, 3.05) is 18.1 Å². The number of nitrogen functional groups attached to an aromatic ring is 2. The molecule has 5 rings (SSSR count). The molecule has 4 aromatic rings. The molecule has 4 N–H and O–H groups in total. The van der Waals surface area contributed by atoms with Crippen molar-refractivity contribution < 1.29 is 13.9 Å². The van der Waals surface area contributed by atoms with E-state index in [2.05, 4.69) is 21.9 Å². The SMILES string of the molecule is CC1COc2c1c(Oc1cnc3ccoc3c1)cc1nc(N)nc(N)c21. The maximum Gasteiger partial charge on any atom is 0.222 e. The summed E-state index contributed by atoms with van der Waals surface area (Å²) < 4.78 is 17.4. The third kappa shape index (κ3) is 2.12. The van der Waals surface area contributed by atoms with Crippen molar-refractivity contribution in [2.24, 2.45) is 0 Å². The molecule has 8 heteroatoms. The predicted octanol–water partition coefficient (Wildman–Crippen LogP) is 3.22. The number of aromatic nitrogens is 3. The fraction of sp³-hybridized carbons (Fsp3) is 0.167. The van der Waals surface area contributed by atoms with Crippen molar-refractivity contribution in [1.29, 1.82) is 0 Å². The highest BCUT2D eigenvalue weighted by Gasteiger charge is 2.29. The summed E-state index contributed by atoms with van der Waals surface area (Å²) in [5, 5.41) is 0.658. The first-order chi connectivity index (χ1) is 12.6. The fourth-order valence-corrected chi connectivity index (χ4v) is 3.30. The van der Waals surface area contributed by atoms with Gasteiger partial charge in [-0.1, -0.05) is 6.92 Å². The fourth-order valence-electron chi connectivity index (χ4n) is 3.30. The number of fused-ring (bicyclic) bond motifs is 4. The van der Waals surface area contributed by atoms with Gasteiger partial charge in [-0.05, 0) is 0 Å². The second-order valence-electron chi connectivity index (χ2n) is 6.27. The first-order valence-corrected chi connectivity index (χ1v) is 8.13. The summed E-state index contributed by atoms with van der Waals surface area (Å²) in [7, 11) is 0. The van der Waals surface area contributed by atoms with E-state index in [1.165, 1.54) is 0 Å². The second kappa shape index (κ2) is 5.22. The molecule has 3 aromatic heterocycles. The number of ether oxygens (including phenoxy) is 2. The van der Waals surface area contributed by atoms with Gasteiger partial charge in [0, 0.05) is 29.7 Å². The minimum atomic E-state index is 0.102. The molecule has 1 atom stereocenters. The number of hydrogen-bond donors (Lipinski definition) is 2. The number of hydrogen-bond acceptors (Lipinski definition) is 8. The Labute approximate surface area is 147 Å². The van der Waals surface area contributed by atoms with Crippen molar-refractivity contribution in [3.8, 4) is 17.2 Å². The van der Waals surface area contributed by atoms with E-state index in [0.29, 0.717) is 46.2 Å². The van der Waals surface area contributed by atoms with Crippen molar-refractivity contribution in [3.05, 3.63) is 36.2 Å². The highest BCUT2D eigenvalue weighted by molar-refractivity contribution is 5.97. The van der Waals surface area contributed by atoms with Crippen molar-refractivity contribution in [3.63, 3.8) is 0 Å². The van der Waals surface area contributed by atoms with Gasteiger partial charge >= 0.3 is 0 Å². The lowest BCUT2D eigenvalue weighted by atomic mass is 9.99. The molecule has 130 valence electrons. The first kappa shape index (κ1) is 14.8. The molecule has 0 saturated carbocycles. The summed E-state index contributed by atoms with van der Waals surface area (Å²) in [5.74, 6) is 2.37. The molecule has 8 nitrogen and oxygen atoms in total. The smallest absolute Gasteiger partial charge is 0.222 e. The van der Waals surface area contributed by atoms with Gasteiger partial charge in [-0.25, -0.2) is 9.97 Å². The van der Waals surface area contributed by atoms with Crippen LogP contribution in [-0.4, -0.2) is 21.6 Å². The molecular formula is C18H15N5O3. The molecule has 0 amide bonds. The van der Waals surface area contributed by atoms with E-state index < -0.39 is 0 Å². The van der Waals surface area contributed by atoms with E-state index >= 15 is 0 Å². The van der Waals surface area contributed by atoms with Crippen LogP contribution in [0.2, 0.25) is 0 Å². The lowest BCUT2D eigenvalue weighted by Gasteiger charge is -2.14.